The molecule has 0 aliphatic heterocycles. The Hall–Kier alpha value is -2.28. The molecule has 4 nitrogen and oxygen atoms in total. The molecule has 0 bridgehead atoms. The van der Waals surface area contributed by atoms with Crippen LogP contribution in [0.4, 0.5) is 0 Å². The summed E-state index contributed by atoms with van der Waals surface area (Å²) in [7, 11) is 0. The molecule has 0 unspecified atom stereocenters. The quantitative estimate of drug-likeness (QED) is 0.806. The van der Waals surface area contributed by atoms with Crippen molar-refractivity contribution < 1.29 is 9.53 Å². The average Bonchev–Trinajstić information content (AvgIpc) is 2.36. The van der Waals surface area contributed by atoms with Crippen molar-refractivity contribution in [2.24, 2.45) is 0 Å². The van der Waals surface area contributed by atoms with Gasteiger partial charge < -0.3 is 10.1 Å². The van der Waals surface area contributed by atoms with Crippen molar-refractivity contribution in [2.45, 2.75) is 13.8 Å². The van der Waals surface area contributed by atoms with Crippen LogP contribution in [0.5, 0.6) is 5.75 Å². The summed E-state index contributed by atoms with van der Waals surface area (Å²) in [6.07, 6.45) is 1.92. The Balaban J connectivity index is 2.43. The molecule has 94 valence electrons. The first-order valence-electron chi connectivity index (χ1n) is 5.65. The Morgan fingerprint density at radius 1 is 1.44 bits per heavy atom. The minimum absolute atomic E-state index is 0.0880. The number of carbonyl (C=O) groups excluding carboxylic acids is 1. The van der Waals surface area contributed by atoms with Gasteiger partial charge in [0, 0.05) is 6.54 Å². The van der Waals surface area contributed by atoms with Crippen molar-refractivity contribution in [3.05, 3.63) is 41.5 Å². The van der Waals surface area contributed by atoms with Crippen LogP contribution in [0.2, 0.25) is 0 Å². The van der Waals surface area contributed by atoms with Gasteiger partial charge in [-0.2, -0.15) is 5.26 Å². The van der Waals surface area contributed by atoms with Crippen molar-refractivity contribution in [2.75, 3.05) is 13.2 Å². The Bertz CT molecular complexity index is 483. The summed E-state index contributed by atoms with van der Waals surface area (Å²) in [5.41, 5.74) is 1.57. The van der Waals surface area contributed by atoms with E-state index >= 15 is 0 Å². The first-order chi connectivity index (χ1) is 8.63. The molecule has 18 heavy (non-hydrogen) atoms. The summed E-state index contributed by atoms with van der Waals surface area (Å²) in [5.74, 6) is 0.220. The monoisotopic (exact) mass is 244 g/mol. The van der Waals surface area contributed by atoms with Crippen LogP contribution >= 0.6 is 0 Å². The highest BCUT2D eigenvalue weighted by atomic mass is 16.5. The molecule has 0 radical (unpaired) electrons. The number of carbonyl (C=O) groups is 1. The Morgan fingerprint density at radius 2 is 2.17 bits per heavy atom. The first-order valence-corrected chi connectivity index (χ1v) is 5.65. The molecule has 0 saturated heterocycles. The van der Waals surface area contributed by atoms with Crippen LogP contribution in [0.3, 0.4) is 0 Å². The van der Waals surface area contributed by atoms with Gasteiger partial charge in [-0.05, 0) is 26.0 Å². The lowest BCUT2D eigenvalue weighted by Crippen LogP contribution is -2.29. The highest BCUT2D eigenvalue weighted by molar-refractivity contribution is 5.77. The summed E-state index contributed by atoms with van der Waals surface area (Å²) in [6, 6.07) is 8.84. The van der Waals surface area contributed by atoms with E-state index in [2.05, 4.69) is 5.32 Å². The van der Waals surface area contributed by atoms with E-state index in [1.165, 1.54) is 0 Å². The maximum absolute atomic E-state index is 11.4. The normalized spacial score (nSPS) is 9.17. The summed E-state index contributed by atoms with van der Waals surface area (Å²) in [6.45, 7) is 4.33. The third kappa shape index (κ3) is 4.71. The fraction of sp³-hybridized carbons (Fsp3) is 0.286. The van der Waals surface area contributed by atoms with Crippen LogP contribution in [0.1, 0.15) is 19.4 Å². The number of nitrogens with one attached hydrogen (secondary N) is 1. The molecule has 0 aliphatic rings. The molecule has 1 amide bonds. The molecule has 1 aromatic carbocycles. The van der Waals surface area contributed by atoms with Crippen molar-refractivity contribution in [1.82, 2.24) is 5.32 Å². The van der Waals surface area contributed by atoms with Gasteiger partial charge in [-0.1, -0.05) is 23.8 Å². The van der Waals surface area contributed by atoms with Crippen LogP contribution < -0.4 is 10.1 Å². The number of nitrogens with zero attached hydrogens (tertiary/aromatic N) is 1. The highest BCUT2D eigenvalue weighted by Gasteiger charge is 2.04. The largest absolute Gasteiger partial charge is 0.482 e. The van der Waals surface area contributed by atoms with Gasteiger partial charge in [0.2, 0.25) is 0 Å². The zero-order valence-corrected chi connectivity index (χ0v) is 10.6. The maximum Gasteiger partial charge on any atom is 0.258 e. The lowest BCUT2D eigenvalue weighted by Gasteiger charge is -2.07. The summed E-state index contributed by atoms with van der Waals surface area (Å²) in [5, 5.41) is 11.5. The molecule has 0 aromatic heterocycles. The number of allylic oxidation sites excluding steroid dienone is 1. The second kappa shape index (κ2) is 7.13. The molecule has 0 aliphatic carbocycles. The van der Waals surface area contributed by atoms with Crippen molar-refractivity contribution in [3.8, 4) is 11.8 Å². The molecule has 0 spiro atoms. The van der Waals surface area contributed by atoms with Gasteiger partial charge in [-0.25, -0.2) is 0 Å². The number of hydrogen-bond acceptors (Lipinski definition) is 3. The minimum Gasteiger partial charge on any atom is -0.482 e. The fourth-order valence-corrected chi connectivity index (χ4v) is 1.25. The van der Waals surface area contributed by atoms with Crippen LogP contribution in [0, 0.1) is 11.3 Å². The number of rotatable bonds is 5. The first kappa shape index (κ1) is 13.8. The summed E-state index contributed by atoms with van der Waals surface area (Å²) in [4.78, 5) is 11.4. The Morgan fingerprint density at radius 3 is 2.83 bits per heavy atom. The third-order valence-corrected chi connectivity index (χ3v) is 2.18. The van der Waals surface area contributed by atoms with Crippen LogP contribution in [-0.2, 0) is 4.79 Å². The van der Waals surface area contributed by atoms with Gasteiger partial charge in [0.1, 0.15) is 11.8 Å². The topological polar surface area (TPSA) is 62.1 Å². The summed E-state index contributed by atoms with van der Waals surface area (Å²) < 4.78 is 5.29. The van der Waals surface area contributed by atoms with Gasteiger partial charge in [-0.3, -0.25) is 4.79 Å². The highest BCUT2D eigenvalue weighted by Crippen LogP contribution is 2.15. The zero-order chi connectivity index (χ0) is 13.4. The van der Waals surface area contributed by atoms with Crippen molar-refractivity contribution in [1.29, 1.82) is 5.26 Å². The predicted octanol–water partition coefficient (Wildman–Crippen LogP) is 2.02. The molecule has 0 heterocycles. The van der Waals surface area contributed by atoms with E-state index in [4.69, 9.17) is 10.00 Å². The van der Waals surface area contributed by atoms with E-state index < -0.39 is 0 Å². The maximum atomic E-state index is 11.4. The second-order valence-corrected chi connectivity index (χ2v) is 3.98. The van der Waals surface area contributed by atoms with E-state index in [0.29, 0.717) is 17.9 Å². The fourth-order valence-electron chi connectivity index (χ4n) is 1.25. The van der Waals surface area contributed by atoms with Gasteiger partial charge in [0.15, 0.2) is 6.61 Å². The van der Waals surface area contributed by atoms with E-state index in [1.54, 1.807) is 24.3 Å². The number of nitriles is 1. The molecule has 4 heteroatoms. The molecule has 1 aromatic rings. The minimum atomic E-state index is -0.208. The SMILES string of the molecule is CC(C)=CCNC(=O)COc1ccccc1C#N. The smallest absolute Gasteiger partial charge is 0.258 e. The third-order valence-electron chi connectivity index (χ3n) is 2.18. The number of benzene rings is 1. The van der Waals surface area contributed by atoms with Crippen molar-refractivity contribution >= 4 is 5.91 Å². The number of hydrogen-bond donors (Lipinski definition) is 1. The van der Waals surface area contributed by atoms with Crippen molar-refractivity contribution in [3.63, 3.8) is 0 Å². The number of ether oxygens (including phenoxy) is 1. The average molecular weight is 244 g/mol. The van der Waals surface area contributed by atoms with Crippen LogP contribution in [0.25, 0.3) is 0 Å². The molecular formula is C14H16N2O2. The van der Waals surface area contributed by atoms with Gasteiger partial charge in [0.25, 0.3) is 5.91 Å². The number of amides is 1. The molecule has 0 saturated carbocycles. The van der Waals surface area contributed by atoms with E-state index in [0.717, 1.165) is 5.57 Å². The van der Waals surface area contributed by atoms with E-state index in [9.17, 15) is 4.79 Å². The van der Waals surface area contributed by atoms with Gasteiger partial charge in [0.05, 0.1) is 5.56 Å². The van der Waals surface area contributed by atoms with Crippen LogP contribution in [-0.4, -0.2) is 19.1 Å². The van der Waals surface area contributed by atoms with Crippen LogP contribution in [0.15, 0.2) is 35.9 Å². The number of para-hydroxylation sites is 1. The van der Waals surface area contributed by atoms with Gasteiger partial charge in [-0.15, -0.1) is 0 Å². The standard InChI is InChI=1S/C14H16N2O2/c1-11(2)7-8-16-14(17)10-18-13-6-4-3-5-12(13)9-15/h3-7H,8,10H2,1-2H3,(H,16,17). The molecule has 1 N–H and O–H groups in total. The predicted molar refractivity (Wildman–Crippen MR) is 69.1 cm³/mol. The Labute approximate surface area is 107 Å². The zero-order valence-electron chi connectivity index (χ0n) is 10.6. The lowest BCUT2D eigenvalue weighted by atomic mass is 10.2. The lowest BCUT2D eigenvalue weighted by molar-refractivity contribution is -0.122. The second-order valence-electron chi connectivity index (χ2n) is 3.98. The molecule has 0 atom stereocenters. The molecule has 0 fully saturated rings. The molecule has 1 rings (SSSR count). The van der Waals surface area contributed by atoms with Gasteiger partial charge >= 0.3 is 0 Å². The van der Waals surface area contributed by atoms with E-state index in [1.807, 2.05) is 26.0 Å². The van der Waals surface area contributed by atoms with E-state index in [-0.39, 0.29) is 12.5 Å². The Kier molecular flexibility index (Phi) is 5.46. The summed E-state index contributed by atoms with van der Waals surface area (Å²) >= 11 is 0. The molecular weight excluding hydrogens is 228 g/mol.